The molecule has 0 aliphatic rings. The lowest BCUT2D eigenvalue weighted by Gasteiger charge is -2.29. The van der Waals surface area contributed by atoms with Gasteiger partial charge in [0.15, 0.2) is 0 Å². The van der Waals surface area contributed by atoms with E-state index in [1.54, 1.807) is 21.3 Å². The Morgan fingerprint density at radius 2 is 1.11 bits per heavy atom. The van der Waals surface area contributed by atoms with E-state index in [1.165, 1.54) is 0 Å². The number of fused-ring (bicyclic) bond motifs is 2. The molecule has 0 aromatic heterocycles. The van der Waals surface area contributed by atoms with Crippen molar-refractivity contribution in [3.63, 3.8) is 0 Å². The van der Waals surface area contributed by atoms with Gasteiger partial charge in [0.25, 0.3) is 0 Å². The first-order valence-electron chi connectivity index (χ1n) is 12.6. The summed E-state index contributed by atoms with van der Waals surface area (Å²) in [7, 11) is 3.75. The third-order valence-corrected chi connectivity index (χ3v) is 9.45. The van der Waals surface area contributed by atoms with Crippen LogP contribution in [0.5, 0.6) is 23.0 Å². The van der Waals surface area contributed by atoms with Gasteiger partial charge in [0.1, 0.15) is 23.0 Å². The predicted molar refractivity (Wildman–Crippen MR) is 160 cm³/mol. The lowest BCUT2D eigenvalue weighted by molar-refractivity contribution is 0.407. The van der Waals surface area contributed by atoms with Crippen LogP contribution in [0.2, 0.25) is 0 Å². The monoisotopic (exact) mass is 524 g/mol. The molecule has 0 saturated heterocycles. The molecule has 1 N–H and O–H groups in total. The number of benzene rings is 5. The van der Waals surface area contributed by atoms with Crippen LogP contribution in [-0.2, 0) is 5.41 Å². The summed E-state index contributed by atoms with van der Waals surface area (Å²) < 4.78 is 18.0. The Hall–Kier alpha value is -3.75. The summed E-state index contributed by atoms with van der Waals surface area (Å²) in [5.41, 5.74) is 0.536. The van der Waals surface area contributed by atoms with Gasteiger partial charge in [0, 0.05) is 32.2 Å². The normalized spacial score (nSPS) is 11.8. The zero-order valence-electron chi connectivity index (χ0n) is 22.7. The van der Waals surface area contributed by atoms with Crippen molar-refractivity contribution in [1.82, 2.24) is 0 Å². The fourth-order valence-corrected chi connectivity index (χ4v) is 7.73. The topological polar surface area (TPSA) is 47.9 Å². The molecule has 0 saturated carbocycles. The minimum Gasteiger partial charge on any atom is -0.507 e. The van der Waals surface area contributed by atoms with Crippen molar-refractivity contribution >= 4 is 45.4 Å². The van der Waals surface area contributed by atoms with Gasteiger partial charge in [0.05, 0.1) is 21.3 Å². The number of rotatable bonds is 6. The Morgan fingerprint density at radius 1 is 0.605 bits per heavy atom. The van der Waals surface area contributed by atoms with Crippen LogP contribution in [-0.4, -0.2) is 26.4 Å². The summed E-state index contributed by atoms with van der Waals surface area (Å²) in [6.07, 6.45) is 0. The van der Waals surface area contributed by atoms with Crippen molar-refractivity contribution in [1.29, 1.82) is 0 Å². The maximum Gasteiger partial charge on any atom is 0.135 e. The lowest BCUT2D eigenvalue weighted by Crippen LogP contribution is -2.26. The number of hydrogen-bond acceptors (Lipinski definition) is 4. The minimum absolute atomic E-state index is 0.273. The predicted octanol–water partition coefficient (Wildman–Crippen LogP) is 6.78. The van der Waals surface area contributed by atoms with Crippen LogP contribution in [0.1, 0.15) is 26.3 Å². The number of methoxy groups -OCH3 is 3. The molecule has 5 aromatic rings. The van der Waals surface area contributed by atoms with Crippen LogP contribution in [0.15, 0.2) is 84.9 Å². The van der Waals surface area contributed by atoms with Crippen molar-refractivity contribution in [3.05, 3.63) is 90.5 Å². The van der Waals surface area contributed by atoms with Gasteiger partial charge in [-0.3, -0.25) is 0 Å². The molecule has 38 heavy (non-hydrogen) atoms. The third-order valence-electron chi connectivity index (χ3n) is 6.96. The van der Waals surface area contributed by atoms with E-state index in [2.05, 4.69) is 69.3 Å². The number of phenolic OH excluding ortho intramolecular Hbond substituents is 1. The summed E-state index contributed by atoms with van der Waals surface area (Å²) in [5, 5.41) is 18.9. The molecule has 0 aliphatic carbocycles. The number of ether oxygens (including phenoxy) is 3. The molecule has 0 unspecified atom stereocenters. The Morgan fingerprint density at radius 3 is 1.55 bits per heavy atom. The van der Waals surface area contributed by atoms with Gasteiger partial charge in [-0.05, 0) is 48.4 Å². The van der Waals surface area contributed by atoms with E-state index in [0.29, 0.717) is 5.75 Å². The number of aromatic hydroxyl groups is 1. The van der Waals surface area contributed by atoms with Crippen LogP contribution < -0.4 is 30.1 Å². The standard InChI is InChI=1S/C33H33O4P/c1-33(2,3)26-19-23(35-4)20-29(30(26)34)38(27-17-15-21-11-7-9-13-24(21)31(27)36-5)28-18-16-22-12-8-10-14-25(22)32(28)37-6/h7-20,34H,1-6H3. The Bertz CT molecular complexity index is 1550. The summed E-state index contributed by atoms with van der Waals surface area (Å²) in [5.74, 6) is 2.57. The van der Waals surface area contributed by atoms with Gasteiger partial charge in [0.2, 0.25) is 0 Å². The SMILES string of the molecule is COc1cc(P(c2ccc3ccccc3c2OC)c2ccc3ccccc3c2OC)c(O)c(C(C)(C)C)c1. The molecule has 0 radical (unpaired) electrons. The minimum atomic E-state index is -1.33. The maximum atomic E-state index is 11.9. The third kappa shape index (κ3) is 4.44. The largest absolute Gasteiger partial charge is 0.507 e. The molecule has 0 atom stereocenters. The molecule has 5 aromatic carbocycles. The molecule has 0 amide bonds. The molecular weight excluding hydrogens is 491 g/mol. The van der Waals surface area contributed by atoms with E-state index >= 15 is 0 Å². The highest BCUT2D eigenvalue weighted by molar-refractivity contribution is 7.80. The molecule has 0 aliphatic heterocycles. The van der Waals surface area contributed by atoms with Crippen LogP contribution in [0.3, 0.4) is 0 Å². The highest BCUT2D eigenvalue weighted by atomic mass is 31.1. The van der Waals surface area contributed by atoms with Crippen molar-refractivity contribution in [2.75, 3.05) is 21.3 Å². The first-order valence-corrected chi connectivity index (χ1v) is 14.0. The van der Waals surface area contributed by atoms with E-state index in [4.69, 9.17) is 14.2 Å². The molecule has 0 bridgehead atoms. The maximum absolute atomic E-state index is 11.9. The summed E-state index contributed by atoms with van der Waals surface area (Å²) in [4.78, 5) is 0. The quantitative estimate of drug-likeness (QED) is 0.249. The van der Waals surface area contributed by atoms with Crippen LogP contribution in [0.25, 0.3) is 21.5 Å². The number of phenols is 1. The highest BCUT2D eigenvalue weighted by Crippen LogP contribution is 2.47. The van der Waals surface area contributed by atoms with Gasteiger partial charge in [-0.2, -0.15) is 0 Å². The van der Waals surface area contributed by atoms with Crippen molar-refractivity contribution in [2.45, 2.75) is 26.2 Å². The smallest absolute Gasteiger partial charge is 0.135 e. The molecule has 194 valence electrons. The van der Waals surface area contributed by atoms with Crippen LogP contribution >= 0.6 is 7.92 Å². The first-order chi connectivity index (χ1) is 18.3. The molecule has 5 heteroatoms. The molecular formula is C33H33O4P. The highest BCUT2D eigenvalue weighted by Gasteiger charge is 2.31. The Labute approximate surface area is 225 Å². The number of hydrogen-bond donors (Lipinski definition) is 1. The lowest BCUT2D eigenvalue weighted by atomic mass is 9.86. The van der Waals surface area contributed by atoms with Gasteiger partial charge in [-0.1, -0.05) is 81.4 Å². The summed E-state index contributed by atoms with van der Waals surface area (Å²) >= 11 is 0. The summed E-state index contributed by atoms with van der Waals surface area (Å²) in [6.45, 7) is 6.29. The average molecular weight is 525 g/mol. The van der Waals surface area contributed by atoms with E-state index < -0.39 is 7.92 Å². The first kappa shape index (κ1) is 25.9. The van der Waals surface area contributed by atoms with Gasteiger partial charge in [-0.25, -0.2) is 0 Å². The molecule has 0 spiro atoms. The van der Waals surface area contributed by atoms with E-state index in [1.807, 2.05) is 36.4 Å². The van der Waals surface area contributed by atoms with E-state index in [9.17, 15) is 5.11 Å². The average Bonchev–Trinajstić information content (AvgIpc) is 2.92. The van der Waals surface area contributed by atoms with Crippen LogP contribution in [0.4, 0.5) is 0 Å². The Balaban J connectivity index is 1.92. The van der Waals surface area contributed by atoms with Gasteiger partial charge < -0.3 is 19.3 Å². The Kier molecular flexibility index (Phi) is 6.94. The fourth-order valence-electron chi connectivity index (χ4n) is 5.09. The molecule has 5 rings (SSSR count). The van der Waals surface area contributed by atoms with Crippen molar-refractivity contribution < 1.29 is 19.3 Å². The molecule has 0 fully saturated rings. The zero-order valence-corrected chi connectivity index (χ0v) is 23.6. The fraction of sp³-hybridized carbons (Fsp3) is 0.212. The van der Waals surface area contributed by atoms with Gasteiger partial charge >= 0.3 is 0 Å². The van der Waals surface area contributed by atoms with Crippen LogP contribution in [0, 0.1) is 0 Å². The van der Waals surface area contributed by atoms with E-state index in [0.717, 1.165) is 54.5 Å². The zero-order chi connectivity index (χ0) is 27.0. The summed E-state index contributed by atoms with van der Waals surface area (Å²) in [6, 6.07) is 28.8. The van der Waals surface area contributed by atoms with Gasteiger partial charge in [-0.15, -0.1) is 0 Å². The van der Waals surface area contributed by atoms with Crippen molar-refractivity contribution in [2.24, 2.45) is 0 Å². The second-order valence-electron chi connectivity index (χ2n) is 10.3. The second-order valence-corrected chi connectivity index (χ2v) is 12.4. The molecule has 4 nitrogen and oxygen atoms in total. The second kappa shape index (κ2) is 10.2. The van der Waals surface area contributed by atoms with Crippen molar-refractivity contribution in [3.8, 4) is 23.0 Å². The molecule has 0 heterocycles. The van der Waals surface area contributed by atoms with E-state index in [-0.39, 0.29) is 11.2 Å².